The summed E-state index contributed by atoms with van der Waals surface area (Å²) in [6, 6.07) is 17.2. The Morgan fingerprint density at radius 2 is 1.73 bits per heavy atom. The van der Waals surface area contributed by atoms with Crippen LogP contribution < -0.4 is 24.2 Å². The van der Waals surface area contributed by atoms with Gasteiger partial charge in [0.1, 0.15) is 23.9 Å². The molecule has 3 aromatic rings. The highest BCUT2D eigenvalue weighted by Gasteiger charge is 2.14. The van der Waals surface area contributed by atoms with Gasteiger partial charge in [0.25, 0.3) is 5.91 Å². The van der Waals surface area contributed by atoms with Crippen molar-refractivity contribution < 1.29 is 27.4 Å². The van der Waals surface area contributed by atoms with Gasteiger partial charge in [0, 0.05) is 22.9 Å². The quantitative estimate of drug-likeness (QED) is 0.486. The third-order valence-corrected chi connectivity index (χ3v) is 5.28. The Bertz CT molecular complexity index is 1260. The van der Waals surface area contributed by atoms with Gasteiger partial charge in [-0.3, -0.25) is 9.52 Å². The first-order valence-corrected chi connectivity index (χ1v) is 11.9. The summed E-state index contributed by atoms with van der Waals surface area (Å²) in [5.74, 6) is 1.18. The van der Waals surface area contributed by atoms with Gasteiger partial charge in [-0.25, -0.2) is 8.42 Å². The molecule has 0 saturated heterocycles. The van der Waals surface area contributed by atoms with E-state index in [1.165, 1.54) is 6.07 Å². The molecule has 0 bridgehead atoms. The van der Waals surface area contributed by atoms with Gasteiger partial charge in [-0.2, -0.15) is 0 Å². The molecule has 0 fully saturated rings. The maximum Gasteiger partial charge on any atom is 0.255 e. The molecule has 2 N–H and O–H groups in total. The zero-order chi connectivity index (χ0) is 24.0. The Kier molecular flexibility index (Phi) is 7.44. The zero-order valence-electron chi connectivity index (χ0n) is 18.8. The minimum atomic E-state index is -3.55. The molecule has 0 heterocycles. The number of aryl methyl sites for hydroxylation is 1. The minimum Gasteiger partial charge on any atom is -0.497 e. The van der Waals surface area contributed by atoms with Gasteiger partial charge in [0.05, 0.1) is 26.2 Å². The highest BCUT2D eigenvalue weighted by molar-refractivity contribution is 7.92. The van der Waals surface area contributed by atoms with E-state index in [1.54, 1.807) is 62.8 Å². The highest BCUT2D eigenvalue weighted by Crippen LogP contribution is 2.32. The highest BCUT2D eigenvalue weighted by atomic mass is 32.2. The fraction of sp³-hybridized carbons (Fsp3) is 0.208. The van der Waals surface area contributed by atoms with Gasteiger partial charge in [-0.1, -0.05) is 17.7 Å². The number of nitrogens with one attached hydrogen (secondary N) is 2. The molecule has 0 aliphatic rings. The van der Waals surface area contributed by atoms with Crippen LogP contribution in [0.3, 0.4) is 0 Å². The van der Waals surface area contributed by atoms with Crippen LogP contribution in [0.2, 0.25) is 0 Å². The molecule has 9 heteroatoms. The van der Waals surface area contributed by atoms with Crippen molar-refractivity contribution in [3.05, 3.63) is 77.4 Å². The Hall–Kier alpha value is -3.72. The van der Waals surface area contributed by atoms with Crippen molar-refractivity contribution in [2.24, 2.45) is 0 Å². The van der Waals surface area contributed by atoms with Crippen LogP contribution in [0.25, 0.3) is 0 Å². The van der Waals surface area contributed by atoms with Gasteiger partial charge < -0.3 is 19.5 Å². The number of sulfonamides is 1. The number of methoxy groups -OCH3 is 2. The van der Waals surface area contributed by atoms with E-state index in [0.717, 1.165) is 11.8 Å². The van der Waals surface area contributed by atoms with Gasteiger partial charge in [-0.05, 0) is 49.4 Å². The maximum absolute atomic E-state index is 12.6. The Morgan fingerprint density at radius 3 is 2.39 bits per heavy atom. The Morgan fingerprint density at radius 1 is 0.939 bits per heavy atom. The summed E-state index contributed by atoms with van der Waals surface area (Å²) in [6.07, 6.45) is 1.05. The standard InChI is InChI=1S/C24H26N2O6S/c1-16-6-5-7-17(12-16)24(27)25-19-8-10-21(26-33(4,28)29)23(14-19)32-15-18-13-20(30-2)9-11-22(18)31-3/h5-14,26H,15H2,1-4H3,(H,25,27). The molecule has 3 rings (SSSR count). The lowest BCUT2D eigenvalue weighted by Gasteiger charge is -2.16. The molecule has 0 aliphatic carbocycles. The van der Waals surface area contributed by atoms with Crippen LogP contribution >= 0.6 is 0 Å². The number of amides is 1. The van der Waals surface area contributed by atoms with E-state index < -0.39 is 10.0 Å². The van der Waals surface area contributed by atoms with Crippen molar-refractivity contribution in [3.8, 4) is 17.2 Å². The summed E-state index contributed by atoms with van der Waals surface area (Å²) in [7, 11) is -0.450. The van der Waals surface area contributed by atoms with Crippen LogP contribution in [-0.2, 0) is 16.6 Å². The monoisotopic (exact) mass is 470 g/mol. The predicted molar refractivity (Wildman–Crippen MR) is 128 cm³/mol. The number of hydrogen-bond donors (Lipinski definition) is 2. The molecule has 3 aromatic carbocycles. The number of carbonyl (C=O) groups is 1. The number of rotatable bonds is 9. The van der Waals surface area contributed by atoms with E-state index in [2.05, 4.69) is 10.0 Å². The fourth-order valence-electron chi connectivity index (χ4n) is 3.14. The third kappa shape index (κ3) is 6.63. The van der Waals surface area contributed by atoms with Gasteiger partial charge in [0.2, 0.25) is 10.0 Å². The Labute approximate surface area is 193 Å². The first-order valence-electron chi connectivity index (χ1n) is 10.0. The van der Waals surface area contributed by atoms with E-state index in [1.807, 2.05) is 13.0 Å². The molecule has 8 nitrogen and oxygen atoms in total. The average molecular weight is 471 g/mol. The average Bonchev–Trinajstić information content (AvgIpc) is 2.77. The topological polar surface area (TPSA) is 103 Å². The van der Waals surface area contributed by atoms with Crippen LogP contribution in [0.5, 0.6) is 17.2 Å². The first-order chi connectivity index (χ1) is 15.7. The van der Waals surface area contributed by atoms with E-state index in [-0.39, 0.29) is 24.0 Å². The lowest BCUT2D eigenvalue weighted by atomic mass is 10.1. The lowest BCUT2D eigenvalue weighted by molar-refractivity contribution is 0.102. The number of ether oxygens (including phenoxy) is 3. The van der Waals surface area contributed by atoms with Crippen LogP contribution in [0, 0.1) is 6.92 Å². The summed E-state index contributed by atoms with van der Waals surface area (Å²) in [5, 5.41) is 2.81. The smallest absolute Gasteiger partial charge is 0.255 e. The summed E-state index contributed by atoms with van der Waals surface area (Å²) in [5.41, 5.74) is 2.88. The number of hydrogen-bond acceptors (Lipinski definition) is 6. The summed E-state index contributed by atoms with van der Waals surface area (Å²) < 4.78 is 42.6. The molecule has 0 radical (unpaired) electrons. The minimum absolute atomic E-state index is 0.0775. The van der Waals surface area contributed by atoms with Crippen LogP contribution in [0.4, 0.5) is 11.4 Å². The molecule has 0 aliphatic heterocycles. The van der Waals surface area contributed by atoms with Crippen LogP contribution in [0.15, 0.2) is 60.7 Å². The van der Waals surface area contributed by atoms with Crippen molar-refractivity contribution >= 4 is 27.3 Å². The number of carbonyl (C=O) groups excluding carboxylic acids is 1. The van der Waals surface area contributed by atoms with Crippen molar-refractivity contribution in [2.75, 3.05) is 30.5 Å². The van der Waals surface area contributed by atoms with Crippen molar-refractivity contribution in [2.45, 2.75) is 13.5 Å². The first kappa shape index (κ1) is 23.9. The molecule has 33 heavy (non-hydrogen) atoms. The molecular weight excluding hydrogens is 444 g/mol. The van der Waals surface area contributed by atoms with Crippen molar-refractivity contribution in [1.29, 1.82) is 0 Å². The second kappa shape index (κ2) is 10.3. The second-order valence-electron chi connectivity index (χ2n) is 7.38. The SMILES string of the molecule is COc1ccc(OC)c(COc2cc(NC(=O)c3cccc(C)c3)ccc2NS(C)(=O)=O)c1. The third-order valence-electron chi connectivity index (χ3n) is 4.69. The van der Waals surface area contributed by atoms with Gasteiger partial charge in [-0.15, -0.1) is 0 Å². The molecule has 174 valence electrons. The maximum atomic E-state index is 12.6. The van der Waals surface area contributed by atoms with Crippen molar-refractivity contribution in [3.63, 3.8) is 0 Å². The number of benzene rings is 3. The van der Waals surface area contributed by atoms with Crippen molar-refractivity contribution in [1.82, 2.24) is 0 Å². The molecular formula is C24H26N2O6S. The largest absolute Gasteiger partial charge is 0.497 e. The predicted octanol–water partition coefficient (Wildman–Crippen LogP) is 4.22. The second-order valence-corrected chi connectivity index (χ2v) is 9.12. The molecule has 0 saturated carbocycles. The molecule has 0 unspecified atom stereocenters. The molecule has 0 spiro atoms. The zero-order valence-corrected chi connectivity index (χ0v) is 19.7. The van der Waals surface area contributed by atoms with Gasteiger partial charge in [0.15, 0.2) is 0 Å². The van der Waals surface area contributed by atoms with E-state index in [9.17, 15) is 13.2 Å². The molecule has 0 aromatic heterocycles. The normalized spacial score (nSPS) is 10.9. The summed E-state index contributed by atoms with van der Waals surface area (Å²) in [4.78, 5) is 12.6. The van der Waals surface area contributed by atoms with E-state index in [4.69, 9.17) is 14.2 Å². The van der Waals surface area contributed by atoms with E-state index in [0.29, 0.717) is 28.3 Å². The van der Waals surface area contributed by atoms with Crippen LogP contribution in [0.1, 0.15) is 21.5 Å². The fourth-order valence-corrected chi connectivity index (χ4v) is 3.71. The van der Waals surface area contributed by atoms with Gasteiger partial charge >= 0.3 is 0 Å². The van der Waals surface area contributed by atoms with Crippen LogP contribution in [-0.4, -0.2) is 34.8 Å². The summed E-state index contributed by atoms with van der Waals surface area (Å²) >= 11 is 0. The number of anilines is 2. The lowest BCUT2D eigenvalue weighted by Crippen LogP contribution is -2.14. The summed E-state index contributed by atoms with van der Waals surface area (Å²) in [6.45, 7) is 1.98. The molecule has 0 atom stereocenters. The van der Waals surface area contributed by atoms with E-state index >= 15 is 0 Å². The molecule has 1 amide bonds. The Balaban J connectivity index is 1.88.